The molecule has 1 atom stereocenters. The molecule has 1 aliphatic heterocycles. The number of aryl methyl sites for hydroxylation is 2. The fourth-order valence-electron chi connectivity index (χ4n) is 3.65. The van der Waals surface area contributed by atoms with Crippen LogP contribution in [0.2, 0.25) is 0 Å². The first-order valence-corrected chi connectivity index (χ1v) is 8.10. The summed E-state index contributed by atoms with van der Waals surface area (Å²) < 4.78 is 1.84. The normalized spacial score (nSPS) is 14.2. The Balaban J connectivity index is 0.00000156. The summed E-state index contributed by atoms with van der Waals surface area (Å²) in [5, 5.41) is 4.44. The molecule has 138 valence electrons. The molecule has 1 amide bonds. The molecule has 0 saturated heterocycles. The average molecular weight is 385 g/mol. The third-order valence-corrected chi connectivity index (χ3v) is 4.92. The lowest BCUT2D eigenvalue weighted by molar-refractivity contribution is -0.119. The first kappa shape index (κ1) is 21.3. The van der Waals surface area contributed by atoms with E-state index in [4.69, 9.17) is 5.73 Å². The quantitative estimate of drug-likeness (QED) is 0.805. The Kier molecular flexibility index (Phi) is 6.91. The SMILES string of the molecule is Cc1nn(C)c(C)c1C(C)C(=O)N1CCCc2c(N)cccc21.Cl.Cl. The lowest BCUT2D eigenvalue weighted by Gasteiger charge is -2.32. The Labute approximate surface area is 161 Å². The molecule has 25 heavy (non-hydrogen) atoms. The van der Waals surface area contributed by atoms with E-state index < -0.39 is 0 Å². The zero-order chi connectivity index (χ0) is 16.7. The second-order valence-corrected chi connectivity index (χ2v) is 6.37. The molecule has 2 N–H and O–H groups in total. The van der Waals surface area contributed by atoms with Gasteiger partial charge < -0.3 is 10.6 Å². The Morgan fingerprint density at radius 2 is 1.96 bits per heavy atom. The predicted molar refractivity (Wildman–Crippen MR) is 107 cm³/mol. The molecule has 0 saturated carbocycles. The molecule has 0 spiro atoms. The van der Waals surface area contributed by atoms with Crippen molar-refractivity contribution in [1.82, 2.24) is 9.78 Å². The number of benzene rings is 1. The van der Waals surface area contributed by atoms with Gasteiger partial charge >= 0.3 is 0 Å². The number of fused-ring (bicyclic) bond motifs is 1. The molecular weight excluding hydrogens is 359 g/mol. The van der Waals surface area contributed by atoms with Crippen LogP contribution in [0.15, 0.2) is 18.2 Å². The fourth-order valence-corrected chi connectivity index (χ4v) is 3.65. The summed E-state index contributed by atoms with van der Waals surface area (Å²) >= 11 is 0. The van der Waals surface area contributed by atoms with Crippen molar-refractivity contribution in [3.63, 3.8) is 0 Å². The lowest BCUT2D eigenvalue weighted by atomic mass is 9.94. The number of nitrogens with two attached hydrogens (primary N) is 1. The van der Waals surface area contributed by atoms with Crippen LogP contribution >= 0.6 is 24.8 Å². The van der Waals surface area contributed by atoms with Crippen molar-refractivity contribution in [2.24, 2.45) is 7.05 Å². The minimum absolute atomic E-state index is 0. The van der Waals surface area contributed by atoms with Crippen LogP contribution in [0.3, 0.4) is 0 Å². The summed E-state index contributed by atoms with van der Waals surface area (Å²) in [6, 6.07) is 5.83. The topological polar surface area (TPSA) is 64.2 Å². The molecule has 0 bridgehead atoms. The van der Waals surface area contributed by atoms with Gasteiger partial charge in [-0.25, -0.2) is 0 Å². The van der Waals surface area contributed by atoms with Crippen molar-refractivity contribution in [3.8, 4) is 0 Å². The van der Waals surface area contributed by atoms with Crippen LogP contribution in [-0.4, -0.2) is 22.2 Å². The van der Waals surface area contributed by atoms with Crippen LogP contribution in [0.1, 0.15) is 41.8 Å². The van der Waals surface area contributed by atoms with Crippen molar-refractivity contribution in [2.75, 3.05) is 17.2 Å². The maximum absolute atomic E-state index is 13.1. The average Bonchev–Trinajstić information content (AvgIpc) is 2.78. The number of aromatic nitrogens is 2. The standard InChI is InChI=1S/C18H24N4O.2ClH/c1-11(17-12(2)20-21(4)13(17)3)18(23)22-10-6-7-14-15(19)8-5-9-16(14)22;;/h5,8-9,11H,6-7,10,19H2,1-4H3;2*1H. The number of rotatable bonds is 2. The first-order valence-electron chi connectivity index (χ1n) is 8.10. The van der Waals surface area contributed by atoms with Crippen LogP contribution in [-0.2, 0) is 18.3 Å². The van der Waals surface area contributed by atoms with Crippen LogP contribution in [0, 0.1) is 13.8 Å². The fraction of sp³-hybridized carbons (Fsp3) is 0.444. The largest absolute Gasteiger partial charge is 0.398 e. The highest BCUT2D eigenvalue weighted by Crippen LogP contribution is 2.34. The molecule has 0 radical (unpaired) electrons. The third kappa shape index (κ3) is 3.62. The molecule has 2 heterocycles. The number of nitrogen functional groups attached to an aromatic ring is 1. The summed E-state index contributed by atoms with van der Waals surface area (Å²) in [5.41, 5.74) is 11.9. The molecule has 0 fully saturated rings. The second-order valence-electron chi connectivity index (χ2n) is 6.37. The maximum Gasteiger partial charge on any atom is 0.234 e. The number of anilines is 2. The number of halogens is 2. The Bertz CT molecular complexity index is 773. The van der Waals surface area contributed by atoms with Crippen molar-refractivity contribution >= 4 is 42.1 Å². The number of hydrogen-bond donors (Lipinski definition) is 1. The summed E-state index contributed by atoms with van der Waals surface area (Å²) in [6.07, 6.45) is 1.88. The van der Waals surface area contributed by atoms with Gasteiger partial charge in [0.1, 0.15) is 0 Å². The molecule has 2 aromatic rings. The van der Waals surface area contributed by atoms with E-state index in [1.807, 2.05) is 55.6 Å². The molecule has 3 rings (SSSR count). The third-order valence-electron chi connectivity index (χ3n) is 4.92. The van der Waals surface area contributed by atoms with E-state index >= 15 is 0 Å². The van der Waals surface area contributed by atoms with Crippen molar-refractivity contribution < 1.29 is 4.79 Å². The molecule has 0 aliphatic carbocycles. The Hall–Kier alpha value is -1.72. The highest BCUT2D eigenvalue weighted by Gasteiger charge is 2.30. The van der Waals surface area contributed by atoms with Gasteiger partial charge in [0.15, 0.2) is 0 Å². The van der Waals surface area contributed by atoms with Gasteiger partial charge in [-0.05, 0) is 51.3 Å². The van der Waals surface area contributed by atoms with Gasteiger partial charge in [0.25, 0.3) is 0 Å². The second kappa shape index (κ2) is 8.11. The number of carbonyl (C=O) groups excluding carboxylic acids is 1. The van der Waals surface area contributed by atoms with E-state index in [0.29, 0.717) is 0 Å². The molecule has 1 aromatic heterocycles. The lowest BCUT2D eigenvalue weighted by Crippen LogP contribution is -2.38. The Morgan fingerprint density at radius 1 is 1.28 bits per heavy atom. The Morgan fingerprint density at radius 3 is 2.56 bits per heavy atom. The van der Waals surface area contributed by atoms with Crippen LogP contribution in [0.4, 0.5) is 11.4 Å². The summed E-state index contributed by atoms with van der Waals surface area (Å²) in [7, 11) is 1.92. The van der Waals surface area contributed by atoms with E-state index in [1.165, 1.54) is 0 Å². The van der Waals surface area contributed by atoms with Gasteiger partial charge in [0, 0.05) is 36.2 Å². The summed E-state index contributed by atoms with van der Waals surface area (Å²) in [6.45, 7) is 6.70. The van der Waals surface area contributed by atoms with Crippen molar-refractivity contribution in [1.29, 1.82) is 0 Å². The minimum atomic E-state index is -0.212. The van der Waals surface area contributed by atoms with Gasteiger partial charge in [-0.2, -0.15) is 5.10 Å². The molecule has 1 unspecified atom stereocenters. The summed E-state index contributed by atoms with van der Waals surface area (Å²) in [5.74, 6) is -0.0909. The number of nitrogens with zero attached hydrogens (tertiary/aromatic N) is 3. The van der Waals surface area contributed by atoms with Gasteiger partial charge in [-0.1, -0.05) is 6.07 Å². The van der Waals surface area contributed by atoms with Crippen molar-refractivity contribution in [2.45, 2.75) is 39.5 Å². The molecule has 1 aromatic carbocycles. The number of amides is 1. The zero-order valence-electron chi connectivity index (χ0n) is 15.1. The van der Waals surface area contributed by atoms with Crippen LogP contribution in [0.25, 0.3) is 0 Å². The summed E-state index contributed by atoms with van der Waals surface area (Å²) in [4.78, 5) is 15.0. The highest BCUT2D eigenvalue weighted by atomic mass is 35.5. The van der Waals surface area contributed by atoms with E-state index in [1.54, 1.807) is 0 Å². The zero-order valence-corrected chi connectivity index (χ0v) is 16.7. The van der Waals surface area contributed by atoms with Gasteiger partial charge in [-0.3, -0.25) is 9.48 Å². The molecule has 7 heteroatoms. The van der Waals surface area contributed by atoms with Crippen LogP contribution < -0.4 is 10.6 Å². The van der Waals surface area contributed by atoms with E-state index in [9.17, 15) is 4.79 Å². The molecule has 5 nitrogen and oxygen atoms in total. The smallest absolute Gasteiger partial charge is 0.234 e. The predicted octanol–water partition coefficient (Wildman–Crippen LogP) is 3.55. The molecule has 1 aliphatic rings. The van der Waals surface area contributed by atoms with Crippen LogP contribution in [0.5, 0.6) is 0 Å². The van der Waals surface area contributed by atoms with E-state index in [-0.39, 0.29) is 36.6 Å². The molecular formula is C18H26Cl2N4O. The van der Waals surface area contributed by atoms with Gasteiger partial charge in [0.2, 0.25) is 5.91 Å². The maximum atomic E-state index is 13.1. The highest BCUT2D eigenvalue weighted by molar-refractivity contribution is 5.99. The van der Waals surface area contributed by atoms with E-state index in [0.717, 1.165) is 53.3 Å². The van der Waals surface area contributed by atoms with Gasteiger partial charge in [-0.15, -0.1) is 24.8 Å². The number of carbonyl (C=O) groups is 1. The monoisotopic (exact) mass is 384 g/mol. The van der Waals surface area contributed by atoms with Gasteiger partial charge in [0.05, 0.1) is 11.6 Å². The first-order chi connectivity index (χ1) is 10.9. The van der Waals surface area contributed by atoms with Crippen molar-refractivity contribution in [3.05, 3.63) is 40.7 Å². The van der Waals surface area contributed by atoms with E-state index in [2.05, 4.69) is 5.10 Å². The minimum Gasteiger partial charge on any atom is -0.398 e. The number of hydrogen-bond acceptors (Lipinski definition) is 3.